The van der Waals surface area contributed by atoms with Crippen LogP contribution in [0, 0.1) is 0 Å². The summed E-state index contributed by atoms with van der Waals surface area (Å²) in [6.45, 7) is 1.91. The van der Waals surface area contributed by atoms with Crippen molar-refractivity contribution in [1.29, 1.82) is 0 Å². The smallest absolute Gasteiger partial charge is 0.128 e. The van der Waals surface area contributed by atoms with E-state index in [4.69, 9.17) is 5.84 Å². The number of aromatic hydroxyl groups is 1. The molecule has 4 N–H and O–H groups in total. The first-order chi connectivity index (χ1) is 7.24. The predicted molar refractivity (Wildman–Crippen MR) is 61.4 cm³/mol. The standard InChI is InChI=1S/C12H14N2O/c1-8(14-13)10-7-6-9-4-2-3-5-11(9)12(10)15/h2-8,14-15H,13H2,1H3/t8-/m0/s1. The molecule has 0 bridgehead atoms. The zero-order valence-corrected chi connectivity index (χ0v) is 8.57. The van der Waals surface area contributed by atoms with E-state index < -0.39 is 0 Å². The highest BCUT2D eigenvalue weighted by Crippen LogP contribution is 2.31. The molecule has 1 atom stereocenters. The summed E-state index contributed by atoms with van der Waals surface area (Å²) >= 11 is 0. The highest BCUT2D eigenvalue weighted by Gasteiger charge is 2.10. The Labute approximate surface area is 88.5 Å². The summed E-state index contributed by atoms with van der Waals surface area (Å²) in [6, 6.07) is 11.5. The summed E-state index contributed by atoms with van der Waals surface area (Å²) < 4.78 is 0. The van der Waals surface area contributed by atoms with Crippen LogP contribution < -0.4 is 11.3 Å². The van der Waals surface area contributed by atoms with Gasteiger partial charge in [-0.1, -0.05) is 36.4 Å². The summed E-state index contributed by atoms with van der Waals surface area (Å²) in [5.41, 5.74) is 3.44. The first-order valence-corrected chi connectivity index (χ1v) is 4.91. The average molecular weight is 202 g/mol. The van der Waals surface area contributed by atoms with Gasteiger partial charge in [0.2, 0.25) is 0 Å². The molecule has 2 aromatic rings. The lowest BCUT2D eigenvalue weighted by Crippen LogP contribution is -2.25. The van der Waals surface area contributed by atoms with E-state index in [0.29, 0.717) is 5.75 Å². The number of phenols is 1. The molecule has 0 unspecified atom stereocenters. The van der Waals surface area contributed by atoms with Gasteiger partial charge in [0.1, 0.15) is 5.75 Å². The van der Waals surface area contributed by atoms with Gasteiger partial charge in [-0.15, -0.1) is 0 Å². The molecule has 2 aromatic carbocycles. The largest absolute Gasteiger partial charge is 0.507 e. The minimum atomic E-state index is -0.0605. The van der Waals surface area contributed by atoms with Crippen molar-refractivity contribution in [1.82, 2.24) is 5.43 Å². The van der Waals surface area contributed by atoms with E-state index in [0.717, 1.165) is 16.3 Å². The molecule has 0 heterocycles. The molecule has 2 rings (SSSR count). The van der Waals surface area contributed by atoms with Gasteiger partial charge >= 0.3 is 0 Å². The lowest BCUT2D eigenvalue weighted by Gasteiger charge is -2.13. The van der Waals surface area contributed by atoms with Crippen molar-refractivity contribution in [2.45, 2.75) is 13.0 Å². The van der Waals surface area contributed by atoms with Crippen LogP contribution in [0.3, 0.4) is 0 Å². The van der Waals surface area contributed by atoms with Gasteiger partial charge in [0.05, 0.1) is 0 Å². The molecule has 78 valence electrons. The molecule has 0 saturated heterocycles. The number of phenolic OH excluding ortho intramolecular Hbond substituents is 1. The van der Waals surface area contributed by atoms with Gasteiger partial charge in [0.25, 0.3) is 0 Å². The van der Waals surface area contributed by atoms with E-state index in [2.05, 4.69) is 5.43 Å². The first-order valence-electron chi connectivity index (χ1n) is 4.91. The summed E-state index contributed by atoms with van der Waals surface area (Å²) in [4.78, 5) is 0. The summed E-state index contributed by atoms with van der Waals surface area (Å²) in [5, 5.41) is 11.9. The average Bonchev–Trinajstić information content (AvgIpc) is 2.29. The van der Waals surface area contributed by atoms with Crippen LogP contribution in [-0.2, 0) is 0 Å². The van der Waals surface area contributed by atoms with Crippen LogP contribution in [0.5, 0.6) is 5.75 Å². The highest BCUT2D eigenvalue weighted by atomic mass is 16.3. The molecule has 0 saturated carbocycles. The predicted octanol–water partition coefficient (Wildman–Crippen LogP) is 2.07. The summed E-state index contributed by atoms with van der Waals surface area (Å²) in [5.74, 6) is 5.66. The Morgan fingerprint density at radius 2 is 1.93 bits per heavy atom. The molecule has 0 fully saturated rings. The normalized spacial score (nSPS) is 12.9. The fraction of sp³-hybridized carbons (Fsp3) is 0.167. The van der Waals surface area contributed by atoms with Crippen molar-refractivity contribution in [2.75, 3.05) is 0 Å². The second-order valence-electron chi connectivity index (χ2n) is 3.61. The molecule has 0 radical (unpaired) electrons. The first kappa shape index (κ1) is 9.96. The molecule has 0 aliphatic rings. The zero-order valence-electron chi connectivity index (χ0n) is 8.57. The van der Waals surface area contributed by atoms with Crippen LogP contribution in [0.2, 0.25) is 0 Å². The molecule has 3 heteroatoms. The number of rotatable bonds is 2. The molecule has 0 spiro atoms. The second kappa shape index (κ2) is 3.88. The maximum Gasteiger partial charge on any atom is 0.128 e. The molecule has 0 aliphatic carbocycles. The topological polar surface area (TPSA) is 58.3 Å². The fourth-order valence-electron chi connectivity index (χ4n) is 1.71. The van der Waals surface area contributed by atoms with Crippen LogP contribution >= 0.6 is 0 Å². The van der Waals surface area contributed by atoms with Crippen LogP contribution in [0.25, 0.3) is 10.8 Å². The van der Waals surface area contributed by atoms with Crippen molar-refractivity contribution in [2.24, 2.45) is 5.84 Å². The zero-order chi connectivity index (χ0) is 10.8. The third-order valence-electron chi connectivity index (χ3n) is 2.65. The lowest BCUT2D eigenvalue weighted by atomic mass is 10.0. The van der Waals surface area contributed by atoms with E-state index in [9.17, 15) is 5.11 Å². The van der Waals surface area contributed by atoms with Gasteiger partial charge in [-0.25, -0.2) is 0 Å². The van der Waals surface area contributed by atoms with Gasteiger partial charge in [-0.3, -0.25) is 11.3 Å². The van der Waals surface area contributed by atoms with E-state index >= 15 is 0 Å². The Kier molecular flexibility index (Phi) is 2.58. The van der Waals surface area contributed by atoms with Crippen LogP contribution in [0.4, 0.5) is 0 Å². The Morgan fingerprint density at radius 1 is 1.20 bits per heavy atom. The molecule has 0 aromatic heterocycles. The SMILES string of the molecule is C[C@H](NN)c1ccc2ccccc2c1O. The maximum absolute atomic E-state index is 10.1. The number of benzene rings is 2. The Balaban J connectivity index is 2.65. The number of nitrogens with one attached hydrogen (secondary N) is 1. The van der Waals surface area contributed by atoms with E-state index in [-0.39, 0.29) is 6.04 Å². The summed E-state index contributed by atoms with van der Waals surface area (Å²) in [6.07, 6.45) is 0. The molecule has 3 nitrogen and oxygen atoms in total. The van der Waals surface area contributed by atoms with E-state index in [1.165, 1.54) is 0 Å². The maximum atomic E-state index is 10.1. The van der Waals surface area contributed by atoms with Gasteiger partial charge in [-0.05, 0) is 12.3 Å². The molecule has 0 amide bonds. The van der Waals surface area contributed by atoms with Gasteiger partial charge in [-0.2, -0.15) is 0 Å². The Morgan fingerprint density at radius 3 is 2.67 bits per heavy atom. The minimum absolute atomic E-state index is 0.0605. The highest BCUT2D eigenvalue weighted by molar-refractivity contribution is 5.89. The van der Waals surface area contributed by atoms with Gasteiger partial charge in [0.15, 0.2) is 0 Å². The van der Waals surface area contributed by atoms with Gasteiger partial charge in [0, 0.05) is 17.0 Å². The number of nitrogens with two attached hydrogens (primary N) is 1. The number of hydrogen-bond donors (Lipinski definition) is 3. The number of hydrazine groups is 1. The van der Waals surface area contributed by atoms with Crippen molar-refractivity contribution >= 4 is 10.8 Å². The summed E-state index contributed by atoms with van der Waals surface area (Å²) in [7, 11) is 0. The lowest BCUT2D eigenvalue weighted by molar-refractivity contribution is 0.460. The van der Waals surface area contributed by atoms with Gasteiger partial charge < -0.3 is 5.11 Å². The quantitative estimate of drug-likeness (QED) is 0.516. The van der Waals surface area contributed by atoms with Crippen LogP contribution in [-0.4, -0.2) is 5.11 Å². The number of hydrogen-bond acceptors (Lipinski definition) is 3. The fourth-order valence-corrected chi connectivity index (χ4v) is 1.71. The van der Waals surface area contributed by atoms with Crippen LogP contribution in [0.1, 0.15) is 18.5 Å². The minimum Gasteiger partial charge on any atom is -0.507 e. The molecular weight excluding hydrogens is 188 g/mol. The van der Waals surface area contributed by atoms with Crippen LogP contribution in [0.15, 0.2) is 36.4 Å². The van der Waals surface area contributed by atoms with E-state index in [1.54, 1.807) is 0 Å². The molecular formula is C12H14N2O. The Bertz CT molecular complexity index is 482. The van der Waals surface area contributed by atoms with E-state index in [1.807, 2.05) is 43.3 Å². The molecule has 0 aliphatic heterocycles. The second-order valence-corrected chi connectivity index (χ2v) is 3.61. The monoisotopic (exact) mass is 202 g/mol. The molecule has 15 heavy (non-hydrogen) atoms. The third kappa shape index (κ3) is 1.67. The van der Waals surface area contributed by atoms with Crippen molar-refractivity contribution in [3.8, 4) is 5.75 Å². The third-order valence-corrected chi connectivity index (χ3v) is 2.65. The van der Waals surface area contributed by atoms with Crippen molar-refractivity contribution in [3.05, 3.63) is 42.0 Å². The van der Waals surface area contributed by atoms with Crippen molar-refractivity contribution in [3.63, 3.8) is 0 Å². The Hall–Kier alpha value is -1.58. The van der Waals surface area contributed by atoms with Crippen molar-refractivity contribution < 1.29 is 5.11 Å². The number of fused-ring (bicyclic) bond motifs is 1.